The zero-order chi connectivity index (χ0) is 28.1. The van der Waals surface area contributed by atoms with Crippen LogP contribution >= 0.6 is 15.9 Å². The number of nitrogens with zero attached hydrogens (tertiary/aromatic N) is 3. The number of benzene rings is 2. The summed E-state index contributed by atoms with van der Waals surface area (Å²) in [6, 6.07) is 11.2. The summed E-state index contributed by atoms with van der Waals surface area (Å²) in [5.74, 6) is -0.295. The molecule has 1 N–H and O–H groups in total. The molecule has 0 saturated carbocycles. The van der Waals surface area contributed by atoms with Crippen LogP contribution in [0.2, 0.25) is 0 Å². The minimum absolute atomic E-state index is 0.248. The third kappa shape index (κ3) is 8.34. The van der Waals surface area contributed by atoms with Gasteiger partial charge in [-0.15, -0.1) is 13.2 Å². The average molecular weight is 596 g/mol. The summed E-state index contributed by atoms with van der Waals surface area (Å²) in [5.41, 5.74) is 1.10. The molecule has 1 aromatic heterocycles. The molecule has 1 heterocycles. The molecule has 0 aliphatic carbocycles. The predicted octanol–water partition coefficient (Wildman–Crippen LogP) is 6.75. The average Bonchev–Trinajstić information content (AvgIpc) is 2.82. The van der Waals surface area contributed by atoms with E-state index in [9.17, 15) is 23.1 Å². The number of alkyl halides is 3. The van der Waals surface area contributed by atoms with Crippen LogP contribution in [0.3, 0.4) is 0 Å². The second-order valence-corrected chi connectivity index (χ2v) is 10.4. The van der Waals surface area contributed by atoms with E-state index in [2.05, 4.69) is 30.6 Å². The highest BCUT2D eigenvalue weighted by molar-refractivity contribution is 9.10. The van der Waals surface area contributed by atoms with Crippen LogP contribution in [-0.4, -0.2) is 39.6 Å². The number of rotatable bonds is 11. The van der Waals surface area contributed by atoms with Gasteiger partial charge in [0, 0.05) is 25.5 Å². The van der Waals surface area contributed by atoms with Gasteiger partial charge in [-0.1, -0.05) is 32.0 Å². The van der Waals surface area contributed by atoms with E-state index in [-0.39, 0.29) is 18.2 Å². The molecule has 3 rings (SSSR count). The molecule has 0 bridgehead atoms. The molecule has 7 nitrogen and oxygen atoms in total. The Balaban J connectivity index is 1.81. The normalized spacial score (nSPS) is 11.9. The molecule has 38 heavy (non-hydrogen) atoms. The van der Waals surface area contributed by atoms with E-state index in [1.807, 2.05) is 30.9 Å². The van der Waals surface area contributed by atoms with Crippen molar-refractivity contribution in [2.24, 2.45) is 0 Å². The number of aliphatic carboxylic acids is 1. The second-order valence-electron chi connectivity index (χ2n) is 9.52. The third-order valence-electron chi connectivity index (χ3n) is 5.66. The van der Waals surface area contributed by atoms with Gasteiger partial charge in [-0.25, -0.2) is 14.8 Å². The van der Waals surface area contributed by atoms with Gasteiger partial charge in [0.2, 0.25) is 5.95 Å². The van der Waals surface area contributed by atoms with Crippen LogP contribution < -0.4 is 14.4 Å². The molecule has 0 atom stereocenters. The van der Waals surface area contributed by atoms with Gasteiger partial charge in [0.25, 0.3) is 0 Å². The zero-order valence-electron chi connectivity index (χ0n) is 21.4. The second kappa shape index (κ2) is 12.0. The number of carbonyl (C=O) groups is 1. The van der Waals surface area contributed by atoms with E-state index in [1.165, 1.54) is 32.0 Å². The van der Waals surface area contributed by atoms with Crippen LogP contribution in [0.5, 0.6) is 11.5 Å². The molecule has 0 aliphatic rings. The van der Waals surface area contributed by atoms with Crippen LogP contribution in [0.4, 0.5) is 19.1 Å². The summed E-state index contributed by atoms with van der Waals surface area (Å²) in [6.45, 7) is 7.71. The van der Waals surface area contributed by atoms with E-state index >= 15 is 0 Å². The van der Waals surface area contributed by atoms with Crippen molar-refractivity contribution in [2.75, 3.05) is 11.4 Å². The molecule has 0 amide bonds. The zero-order valence-corrected chi connectivity index (χ0v) is 23.0. The van der Waals surface area contributed by atoms with Crippen LogP contribution in [0.1, 0.15) is 50.3 Å². The maximum Gasteiger partial charge on any atom is 0.573 e. The first-order valence-corrected chi connectivity index (χ1v) is 12.7. The number of carboxylic acid groups (broad SMARTS) is 1. The minimum Gasteiger partial charge on any atom is -0.478 e. The number of hydrogen-bond donors (Lipinski definition) is 1. The first-order valence-electron chi connectivity index (χ1n) is 11.9. The lowest BCUT2D eigenvalue weighted by molar-refractivity contribution is -0.274. The first-order chi connectivity index (χ1) is 17.7. The summed E-state index contributed by atoms with van der Waals surface area (Å²) >= 11 is 3.45. The Morgan fingerprint density at radius 1 is 1.05 bits per heavy atom. The quantitative estimate of drug-likeness (QED) is 0.262. The van der Waals surface area contributed by atoms with Gasteiger partial charge in [-0.3, -0.25) is 0 Å². The fourth-order valence-corrected chi connectivity index (χ4v) is 3.98. The summed E-state index contributed by atoms with van der Waals surface area (Å²) < 4.78 is 48.4. The van der Waals surface area contributed by atoms with E-state index in [4.69, 9.17) is 4.74 Å². The Bertz CT molecular complexity index is 1250. The lowest BCUT2D eigenvalue weighted by Crippen LogP contribution is -2.38. The van der Waals surface area contributed by atoms with Gasteiger partial charge in [0.05, 0.1) is 4.47 Å². The maximum absolute atomic E-state index is 12.7. The van der Waals surface area contributed by atoms with Crippen LogP contribution in [0.15, 0.2) is 59.3 Å². The monoisotopic (exact) mass is 595 g/mol. The van der Waals surface area contributed by atoms with Crippen molar-refractivity contribution in [1.29, 1.82) is 0 Å². The Kier molecular flexibility index (Phi) is 9.24. The third-order valence-corrected chi connectivity index (χ3v) is 6.28. The van der Waals surface area contributed by atoms with Gasteiger partial charge < -0.3 is 19.5 Å². The Labute approximate surface area is 227 Å². The van der Waals surface area contributed by atoms with Crippen LogP contribution in [-0.2, 0) is 17.8 Å². The van der Waals surface area contributed by atoms with Gasteiger partial charge in [-0.05, 0) is 83.1 Å². The van der Waals surface area contributed by atoms with Crippen molar-refractivity contribution in [3.8, 4) is 11.5 Å². The number of halogens is 4. The van der Waals surface area contributed by atoms with Gasteiger partial charge in [0.15, 0.2) is 5.60 Å². The fraction of sp³-hybridized carbons (Fsp3) is 0.370. The molecule has 204 valence electrons. The molecule has 0 spiro atoms. The highest BCUT2D eigenvalue weighted by Crippen LogP contribution is 2.30. The molecular formula is C27H29BrF3N3O4. The first kappa shape index (κ1) is 29.2. The Morgan fingerprint density at radius 2 is 1.74 bits per heavy atom. The van der Waals surface area contributed by atoms with E-state index in [0.29, 0.717) is 34.7 Å². The summed E-state index contributed by atoms with van der Waals surface area (Å²) in [7, 11) is 0. The summed E-state index contributed by atoms with van der Waals surface area (Å²) in [6.07, 6.45) is -0.738. The Hall–Kier alpha value is -3.34. The maximum atomic E-state index is 12.7. The highest BCUT2D eigenvalue weighted by Gasteiger charge is 2.31. The Morgan fingerprint density at radius 3 is 2.32 bits per heavy atom. The molecule has 11 heteroatoms. The molecule has 0 saturated heterocycles. The lowest BCUT2D eigenvalue weighted by atomic mass is 10.1. The van der Waals surface area contributed by atoms with Gasteiger partial charge >= 0.3 is 12.3 Å². The minimum atomic E-state index is -4.78. The number of hydrogen-bond acceptors (Lipinski definition) is 6. The number of ether oxygens (including phenoxy) is 2. The fourth-order valence-electron chi connectivity index (χ4n) is 3.47. The van der Waals surface area contributed by atoms with Gasteiger partial charge in [0.1, 0.15) is 11.5 Å². The molecule has 0 fully saturated rings. The molecule has 0 aliphatic heterocycles. The SMILES string of the molecule is CC(C)c1cnc(N(CCc2ccc(OC(C)(C)C(=O)O)c(Br)c2)Cc2cccc(OC(F)(F)F)c2)nc1. The van der Waals surface area contributed by atoms with Crippen molar-refractivity contribution < 1.29 is 32.5 Å². The largest absolute Gasteiger partial charge is 0.573 e. The van der Waals surface area contributed by atoms with Gasteiger partial charge in [-0.2, -0.15) is 0 Å². The van der Waals surface area contributed by atoms with Crippen LogP contribution in [0, 0.1) is 0 Å². The van der Waals surface area contributed by atoms with Crippen molar-refractivity contribution in [3.63, 3.8) is 0 Å². The smallest absolute Gasteiger partial charge is 0.478 e. The molecule has 0 unspecified atom stereocenters. The predicted molar refractivity (Wildman–Crippen MR) is 140 cm³/mol. The van der Waals surface area contributed by atoms with Crippen LogP contribution in [0.25, 0.3) is 0 Å². The standard InChI is InChI=1S/C27H29BrF3N3O4/c1-17(2)20-14-32-25(33-15-20)34(16-19-6-5-7-21(12-19)37-27(29,30)31)11-10-18-8-9-23(22(28)13-18)38-26(3,4)24(35)36/h5-9,12-15,17H,10-11,16H2,1-4H3,(H,35,36). The molecule has 3 aromatic rings. The summed E-state index contributed by atoms with van der Waals surface area (Å²) in [5, 5.41) is 9.32. The molecular weight excluding hydrogens is 567 g/mol. The molecule has 2 aromatic carbocycles. The number of aromatic nitrogens is 2. The lowest BCUT2D eigenvalue weighted by Gasteiger charge is -2.24. The highest BCUT2D eigenvalue weighted by atomic mass is 79.9. The van der Waals surface area contributed by atoms with Crippen molar-refractivity contribution in [3.05, 3.63) is 76.0 Å². The number of anilines is 1. The topological polar surface area (TPSA) is 84.8 Å². The van der Waals surface area contributed by atoms with Crippen molar-refractivity contribution >= 4 is 27.8 Å². The van der Waals surface area contributed by atoms with Crippen molar-refractivity contribution in [2.45, 2.75) is 58.5 Å². The van der Waals surface area contributed by atoms with E-state index in [0.717, 1.165) is 11.1 Å². The number of carboxylic acids is 1. The van der Waals surface area contributed by atoms with Crippen molar-refractivity contribution in [1.82, 2.24) is 9.97 Å². The summed E-state index contributed by atoms with van der Waals surface area (Å²) in [4.78, 5) is 22.3. The van der Waals surface area contributed by atoms with E-state index < -0.39 is 17.9 Å². The van der Waals surface area contributed by atoms with E-state index in [1.54, 1.807) is 24.5 Å². The molecule has 0 radical (unpaired) electrons.